The van der Waals surface area contributed by atoms with Gasteiger partial charge in [0.05, 0.1) is 4.90 Å². The molecule has 0 atom stereocenters. The van der Waals surface area contributed by atoms with E-state index in [1.54, 1.807) is 28.6 Å². The van der Waals surface area contributed by atoms with Crippen LogP contribution >= 0.6 is 0 Å². The van der Waals surface area contributed by atoms with Gasteiger partial charge in [0.1, 0.15) is 0 Å². The van der Waals surface area contributed by atoms with E-state index in [-0.39, 0.29) is 0 Å². The number of hydrogen-bond donors (Lipinski definition) is 0. The van der Waals surface area contributed by atoms with Gasteiger partial charge in [-0.2, -0.15) is 4.31 Å². The van der Waals surface area contributed by atoms with Gasteiger partial charge in [0.2, 0.25) is 10.0 Å². The van der Waals surface area contributed by atoms with E-state index in [0.717, 1.165) is 18.4 Å². The minimum atomic E-state index is -3.34. The number of sulfonamides is 1. The Labute approximate surface area is 105 Å². The van der Waals surface area contributed by atoms with Gasteiger partial charge >= 0.3 is 0 Å². The molecule has 0 N–H and O–H groups in total. The summed E-state index contributed by atoms with van der Waals surface area (Å²) >= 11 is 0. The Morgan fingerprint density at radius 1 is 1.06 bits per heavy atom. The van der Waals surface area contributed by atoms with Crippen molar-refractivity contribution in [1.29, 1.82) is 0 Å². The van der Waals surface area contributed by atoms with Crippen molar-refractivity contribution in [3.05, 3.63) is 36.8 Å². The van der Waals surface area contributed by atoms with Crippen LogP contribution in [0.5, 0.6) is 0 Å². The van der Waals surface area contributed by atoms with Gasteiger partial charge in [-0.15, -0.1) is 0 Å². The zero-order valence-corrected chi connectivity index (χ0v) is 11.3. The summed E-state index contributed by atoms with van der Waals surface area (Å²) in [7, 11) is -3.34. The van der Waals surface area contributed by atoms with Crippen LogP contribution in [0.4, 0.5) is 0 Å². The Bertz CT molecular complexity index is 431. The minimum Gasteiger partial charge on any atom is -0.207 e. The van der Waals surface area contributed by atoms with E-state index >= 15 is 0 Å². The average Bonchev–Trinajstić information content (AvgIpc) is 2.29. The molecular formula is C13H20NO2S. The van der Waals surface area contributed by atoms with Crippen LogP contribution in [0.1, 0.15) is 32.3 Å². The summed E-state index contributed by atoms with van der Waals surface area (Å²) in [4.78, 5) is 0.354. The minimum absolute atomic E-state index is 0.354. The lowest BCUT2D eigenvalue weighted by Gasteiger charge is -2.20. The third kappa shape index (κ3) is 3.54. The molecule has 1 aromatic carbocycles. The van der Waals surface area contributed by atoms with Crippen molar-refractivity contribution in [2.45, 2.75) is 31.6 Å². The van der Waals surface area contributed by atoms with Gasteiger partial charge in [0, 0.05) is 13.1 Å². The molecule has 0 bridgehead atoms. The van der Waals surface area contributed by atoms with E-state index in [9.17, 15) is 8.42 Å². The molecule has 1 rings (SSSR count). The average molecular weight is 254 g/mol. The molecule has 0 aliphatic carbocycles. The molecule has 0 saturated carbocycles. The van der Waals surface area contributed by atoms with Crippen LogP contribution in [0.3, 0.4) is 0 Å². The van der Waals surface area contributed by atoms with Gasteiger partial charge in [-0.05, 0) is 37.5 Å². The summed E-state index contributed by atoms with van der Waals surface area (Å²) in [6.45, 7) is 8.86. The van der Waals surface area contributed by atoms with E-state index in [1.165, 1.54) is 0 Å². The predicted octanol–water partition coefficient (Wildman–Crippen LogP) is 2.68. The molecule has 0 fully saturated rings. The molecule has 0 aromatic heterocycles. The first-order valence-electron chi connectivity index (χ1n) is 5.94. The Morgan fingerprint density at radius 2 is 1.53 bits per heavy atom. The summed E-state index contributed by atoms with van der Waals surface area (Å²) < 4.78 is 26.2. The molecule has 95 valence electrons. The molecule has 0 aliphatic rings. The fraction of sp³-hybridized carbons (Fsp3) is 0.462. The maximum absolute atomic E-state index is 12.3. The molecule has 0 heterocycles. The Kier molecular flexibility index (Phi) is 5.15. The zero-order valence-electron chi connectivity index (χ0n) is 10.5. The first-order valence-corrected chi connectivity index (χ1v) is 7.38. The number of nitrogens with zero attached hydrogens (tertiary/aromatic N) is 1. The van der Waals surface area contributed by atoms with Crippen LogP contribution in [0.25, 0.3) is 0 Å². The number of rotatable bonds is 6. The molecule has 0 spiro atoms. The highest BCUT2D eigenvalue weighted by atomic mass is 32.2. The van der Waals surface area contributed by atoms with Gasteiger partial charge in [0.25, 0.3) is 0 Å². The van der Waals surface area contributed by atoms with Crippen molar-refractivity contribution >= 4 is 10.0 Å². The lowest BCUT2D eigenvalue weighted by molar-refractivity contribution is 0.410. The summed E-state index contributed by atoms with van der Waals surface area (Å²) in [5.41, 5.74) is 0.821. The fourth-order valence-corrected chi connectivity index (χ4v) is 3.29. The highest BCUT2D eigenvalue weighted by Gasteiger charge is 2.22. The summed E-state index contributed by atoms with van der Waals surface area (Å²) in [6, 6.07) is 6.69. The molecule has 0 aliphatic heterocycles. The van der Waals surface area contributed by atoms with Gasteiger partial charge < -0.3 is 0 Å². The van der Waals surface area contributed by atoms with Crippen molar-refractivity contribution in [3.8, 4) is 0 Å². The molecular weight excluding hydrogens is 234 g/mol. The topological polar surface area (TPSA) is 37.4 Å². The second-order valence-electron chi connectivity index (χ2n) is 4.05. The lowest BCUT2D eigenvalue weighted by Crippen LogP contribution is -2.32. The first kappa shape index (κ1) is 14.2. The number of hydrogen-bond acceptors (Lipinski definition) is 2. The van der Waals surface area contributed by atoms with Crippen LogP contribution in [0.2, 0.25) is 0 Å². The molecule has 0 amide bonds. The van der Waals surface area contributed by atoms with Crippen LogP contribution in [-0.2, 0) is 10.0 Å². The van der Waals surface area contributed by atoms with Crippen LogP contribution in [0.15, 0.2) is 29.2 Å². The van der Waals surface area contributed by atoms with E-state index in [0.29, 0.717) is 18.0 Å². The van der Waals surface area contributed by atoms with Crippen LogP contribution < -0.4 is 0 Å². The predicted molar refractivity (Wildman–Crippen MR) is 70.2 cm³/mol. The molecule has 1 radical (unpaired) electrons. The van der Waals surface area contributed by atoms with Gasteiger partial charge in [-0.1, -0.05) is 26.0 Å². The van der Waals surface area contributed by atoms with Crippen LogP contribution in [0, 0.1) is 6.92 Å². The quantitative estimate of drug-likeness (QED) is 0.782. The Morgan fingerprint density at radius 3 is 1.94 bits per heavy atom. The third-order valence-corrected chi connectivity index (χ3v) is 4.42. The van der Waals surface area contributed by atoms with E-state index in [2.05, 4.69) is 6.92 Å². The van der Waals surface area contributed by atoms with Crippen molar-refractivity contribution < 1.29 is 8.42 Å². The Balaban J connectivity index is 3.02. The van der Waals surface area contributed by atoms with Crippen molar-refractivity contribution in [2.75, 3.05) is 13.1 Å². The molecule has 0 unspecified atom stereocenters. The van der Waals surface area contributed by atoms with Crippen molar-refractivity contribution in [1.82, 2.24) is 4.31 Å². The molecule has 17 heavy (non-hydrogen) atoms. The molecule has 0 saturated heterocycles. The highest BCUT2D eigenvalue weighted by Crippen LogP contribution is 2.16. The lowest BCUT2D eigenvalue weighted by atomic mass is 10.2. The van der Waals surface area contributed by atoms with E-state index in [4.69, 9.17) is 0 Å². The van der Waals surface area contributed by atoms with Gasteiger partial charge in [-0.3, -0.25) is 0 Å². The largest absolute Gasteiger partial charge is 0.243 e. The normalized spacial score (nSPS) is 12.0. The van der Waals surface area contributed by atoms with E-state index in [1.807, 2.05) is 13.8 Å². The number of benzene rings is 1. The second-order valence-corrected chi connectivity index (χ2v) is 5.99. The monoisotopic (exact) mass is 254 g/mol. The first-order chi connectivity index (χ1) is 8.02. The van der Waals surface area contributed by atoms with Gasteiger partial charge in [0.15, 0.2) is 0 Å². The maximum atomic E-state index is 12.3. The Hall–Kier alpha value is -0.870. The highest BCUT2D eigenvalue weighted by molar-refractivity contribution is 7.89. The third-order valence-electron chi connectivity index (χ3n) is 2.51. The zero-order chi connectivity index (χ0) is 12.9. The van der Waals surface area contributed by atoms with Crippen molar-refractivity contribution in [2.24, 2.45) is 0 Å². The summed E-state index contributed by atoms with van der Waals surface area (Å²) in [6.07, 6.45) is 1.65. The standard InChI is InChI=1S/C13H20NO2S/c1-4-10-14(11-5-2)17(15,16)13-8-6-12(3)7-9-13/h6-9H,3-5,10-11H2,1-2H3. The SMILES string of the molecule is [CH2]c1ccc(S(=O)(=O)N(CCC)CCC)cc1. The molecule has 4 heteroatoms. The molecule has 3 nitrogen and oxygen atoms in total. The van der Waals surface area contributed by atoms with Gasteiger partial charge in [-0.25, -0.2) is 8.42 Å². The maximum Gasteiger partial charge on any atom is 0.243 e. The fourth-order valence-electron chi connectivity index (χ4n) is 1.66. The second kappa shape index (κ2) is 6.17. The smallest absolute Gasteiger partial charge is 0.207 e. The summed E-state index contributed by atoms with van der Waals surface area (Å²) in [5, 5.41) is 0. The van der Waals surface area contributed by atoms with E-state index < -0.39 is 10.0 Å². The van der Waals surface area contributed by atoms with Crippen LogP contribution in [-0.4, -0.2) is 25.8 Å². The van der Waals surface area contributed by atoms with Crippen molar-refractivity contribution in [3.63, 3.8) is 0 Å². The summed E-state index contributed by atoms with van der Waals surface area (Å²) in [5.74, 6) is 0. The molecule has 1 aromatic rings.